The Labute approximate surface area is 289 Å². The third-order valence-electron chi connectivity index (χ3n) is 10.6. The van der Waals surface area contributed by atoms with Crippen molar-refractivity contribution in [1.29, 1.82) is 31.6 Å². The molecule has 0 radical (unpaired) electrons. The lowest BCUT2D eigenvalue weighted by molar-refractivity contribution is 0.580. The van der Waals surface area contributed by atoms with Crippen LogP contribution in [0.15, 0.2) is 36.4 Å². The standard InChI is InChI=1S/C43H38N6/c1-41(2,3)25-10-28-34(22(16-44)17-45)30-12-26(42(4,5)6)14-32-36(24(20-48)21-49)33-15-27(43(7,8)9)13-31-35(23(18-46)19-47)29(11-25)37(28)40(38(30)32)39(31)33/h10-15,22-24,34-35H,1-9H3. The molecule has 6 nitrogen and oxygen atoms in total. The van der Waals surface area contributed by atoms with Crippen molar-refractivity contribution >= 4 is 21.5 Å². The highest BCUT2D eigenvalue weighted by Gasteiger charge is 2.44. The molecule has 6 rings (SSSR count). The number of hydrogen-bond donors (Lipinski definition) is 0. The van der Waals surface area contributed by atoms with Gasteiger partial charge in [0.1, 0.15) is 11.8 Å². The van der Waals surface area contributed by atoms with Crippen LogP contribution >= 0.6 is 0 Å². The van der Waals surface area contributed by atoms with Crippen molar-refractivity contribution in [3.63, 3.8) is 0 Å². The van der Waals surface area contributed by atoms with Crippen LogP contribution in [0.2, 0.25) is 0 Å². The zero-order chi connectivity index (χ0) is 36.0. The second kappa shape index (κ2) is 10.9. The van der Waals surface area contributed by atoms with Gasteiger partial charge in [-0.3, -0.25) is 0 Å². The second-order valence-electron chi connectivity index (χ2n) is 16.7. The number of nitrogens with zero attached hydrogens (tertiary/aromatic N) is 6. The quantitative estimate of drug-likeness (QED) is 0.204. The van der Waals surface area contributed by atoms with E-state index >= 15 is 0 Å². The number of nitriles is 6. The van der Waals surface area contributed by atoms with Crippen LogP contribution < -0.4 is 0 Å². The third kappa shape index (κ3) is 4.76. The summed E-state index contributed by atoms with van der Waals surface area (Å²) in [4.78, 5) is 0. The molecule has 6 heteroatoms. The van der Waals surface area contributed by atoms with Crippen LogP contribution in [0, 0.1) is 79.8 Å². The van der Waals surface area contributed by atoms with Gasteiger partial charge in [-0.15, -0.1) is 0 Å². The van der Waals surface area contributed by atoms with E-state index in [1.54, 1.807) is 0 Å². The van der Waals surface area contributed by atoms with E-state index in [0.717, 1.165) is 71.6 Å². The summed E-state index contributed by atoms with van der Waals surface area (Å²) in [5.74, 6) is -4.49. The van der Waals surface area contributed by atoms with Gasteiger partial charge in [0, 0.05) is 11.8 Å². The SMILES string of the molecule is CC(C)(C)c1cc2c3c(c1)C(C(C#N)C#N)c1cc(C(C)(C)C)cc4c(C(C#N)C#N)c5cc(C(C)(C)C)cc(c5c-3c14)C2C(C#N)C#N. The Balaban J connectivity index is 2.06. The lowest BCUT2D eigenvalue weighted by Crippen LogP contribution is -2.26. The van der Waals surface area contributed by atoms with Gasteiger partial charge >= 0.3 is 0 Å². The van der Waals surface area contributed by atoms with Gasteiger partial charge in [0.05, 0.1) is 36.4 Å². The first-order chi connectivity index (χ1) is 23.0. The molecule has 0 fully saturated rings. The summed E-state index contributed by atoms with van der Waals surface area (Å²) in [6, 6.07) is 26.4. The van der Waals surface area contributed by atoms with E-state index in [0.29, 0.717) is 5.56 Å². The first-order valence-electron chi connectivity index (χ1n) is 16.6. The summed E-state index contributed by atoms with van der Waals surface area (Å²) in [7, 11) is 0. The zero-order valence-corrected chi connectivity index (χ0v) is 29.5. The van der Waals surface area contributed by atoms with Crippen LogP contribution in [0.25, 0.3) is 32.7 Å². The van der Waals surface area contributed by atoms with Gasteiger partial charge in [-0.2, -0.15) is 31.6 Å². The highest BCUT2D eigenvalue weighted by Crippen LogP contribution is 2.61. The molecule has 0 saturated heterocycles. The maximum Gasteiger partial charge on any atom is 0.159 e. The Morgan fingerprint density at radius 1 is 0.449 bits per heavy atom. The molecular weight excluding hydrogens is 601 g/mol. The van der Waals surface area contributed by atoms with E-state index in [2.05, 4.69) is 135 Å². The van der Waals surface area contributed by atoms with Crippen LogP contribution in [0.4, 0.5) is 0 Å². The summed E-state index contributed by atoms with van der Waals surface area (Å²) in [6.45, 7) is 19.0. The lowest BCUT2D eigenvalue weighted by Gasteiger charge is -2.41. The topological polar surface area (TPSA) is 143 Å². The Morgan fingerprint density at radius 3 is 1.08 bits per heavy atom. The molecule has 0 saturated carbocycles. The van der Waals surface area contributed by atoms with E-state index in [1.807, 2.05) is 0 Å². The number of hydrogen-bond acceptors (Lipinski definition) is 6. The molecule has 4 aromatic carbocycles. The van der Waals surface area contributed by atoms with Crippen molar-refractivity contribution in [2.75, 3.05) is 0 Å². The largest absolute Gasteiger partial charge is 0.197 e. The summed E-state index contributed by atoms with van der Waals surface area (Å²) < 4.78 is 0. The predicted octanol–water partition coefficient (Wildman–Crippen LogP) is 9.90. The molecular formula is C43H38N6. The Morgan fingerprint density at radius 2 is 0.776 bits per heavy atom. The molecule has 4 aromatic rings. The van der Waals surface area contributed by atoms with Crippen molar-refractivity contribution in [2.24, 2.45) is 11.8 Å². The predicted molar refractivity (Wildman–Crippen MR) is 190 cm³/mol. The molecule has 240 valence electrons. The Kier molecular flexibility index (Phi) is 7.42. The van der Waals surface area contributed by atoms with Crippen molar-refractivity contribution in [3.8, 4) is 47.5 Å². The first kappa shape index (κ1) is 33.2. The monoisotopic (exact) mass is 638 g/mol. The van der Waals surface area contributed by atoms with Crippen molar-refractivity contribution in [2.45, 2.75) is 96.3 Å². The minimum atomic E-state index is -1.12. The van der Waals surface area contributed by atoms with E-state index in [4.69, 9.17) is 0 Å². The molecule has 2 aliphatic carbocycles. The molecule has 0 aliphatic heterocycles. The van der Waals surface area contributed by atoms with Gasteiger partial charge in [0.2, 0.25) is 0 Å². The zero-order valence-electron chi connectivity index (χ0n) is 29.5. The summed E-state index contributed by atoms with van der Waals surface area (Å²) in [5, 5.41) is 66.3. The van der Waals surface area contributed by atoms with Gasteiger partial charge in [0.15, 0.2) is 5.92 Å². The molecule has 0 N–H and O–H groups in total. The lowest BCUT2D eigenvalue weighted by atomic mass is 9.61. The number of rotatable bonds is 3. The third-order valence-corrected chi connectivity index (χ3v) is 10.6. The highest BCUT2D eigenvalue weighted by atomic mass is 14.5. The van der Waals surface area contributed by atoms with E-state index in [-0.39, 0.29) is 16.2 Å². The smallest absolute Gasteiger partial charge is 0.159 e. The molecule has 0 aromatic heterocycles. The molecule has 2 aliphatic rings. The minimum Gasteiger partial charge on any atom is -0.197 e. The summed E-state index contributed by atoms with van der Waals surface area (Å²) in [6.07, 6.45) is 0. The fourth-order valence-electron chi connectivity index (χ4n) is 7.97. The number of benzene rings is 4. The highest BCUT2D eigenvalue weighted by molar-refractivity contribution is 6.21. The maximum atomic E-state index is 10.5. The Bertz CT molecular complexity index is 2200. The van der Waals surface area contributed by atoms with E-state index in [9.17, 15) is 31.6 Å². The molecule has 49 heavy (non-hydrogen) atoms. The van der Waals surface area contributed by atoms with Gasteiger partial charge in [-0.05, 0) is 93.4 Å². The minimum absolute atomic E-state index is 0.327. The molecule has 0 spiro atoms. The van der Waals surface area contributed by atoms with Gasteiger partial charge in [0.25, 0.3) is 0 Å². The second-order valence-corrected chi connectivity index (χ2v) is 16.7. The summed E-state index contributed by atoms with van der Waals surface area (Å²) >= 11 is 0. The fourth-order valence-corrected chi connectivity index (χ4v) is 7.97. The van der Waals surface area contributed by atoms with Crippen molar-refractivity contribution < 1.29 is 0 Å². The molecule has 0 bridgehead atoms. The van der Waals surface area contributed by atoms with Crippen LogP contribution in [0.3, 0.4) is 0 Å². The average molecular weight is 639 g/mol. The molecule has 0 heterocycles. The normalized spacial score (nSPS) is 16.3. The van der Waals surface area contributed by atoms with E-state index < -0.39 is 29.6 Å². The molecule has 0 amide bonds. The van der Waals surface area contributed by atoms with Crippen molar-refractivity contribution in [3.05, 3.63) is 80.9 Å². The average Bonchev–Trinajstić information content (AvgIpc) is 3.03. The van der Waals surface area contributed by atoms with Crippen LogP contribution in [0.5, 0.6) is 0 Å². The van der Waals surface area contributed by atoms with Crippen LogP contribution in [-0.4, -0.2) is 0 Å². The fraction of sp³-hybridized carbons (Fsp3) is 0.395. The van der Waals surface area contributed by atoms with Gasteiger partial charge < -0.3 is 0 Å². The first-order valence-corrected chi connectivity index (χ1v) is 16.6. The maximum absolute atomic E-state index is 10.5. The van der Waals surface area contributed by atoms with E-state index in [1.165, 1.54) is 0 Å². The van der Waals surface area contributed by atoms with Gasteiger partial charge in [-0.1, -0.05) is 98.7 Å². The van der Waals surface area contributed by atoms with Crippen molar-refractivity contribution in [1.82, 2.24) is 0 Å². The van der Waals surface area contributed by atoms with Gasteiger partial charge in [-0.25, -0.2) is 0 Å². The summed E-state index contributed by atoms with van der Waals surface area (Å²) in [5.41, 5.74) is 7.65. The van der Waals surface area contributed by atoms with Crippen LogP contribution in [0.1, 0.15) is 125 Å². The molecule has 2 atom stereocenters. The molecule has 2 unspecified atom stereocenters. The Hall–Kier alpha value is -5.66. The van der Waals surface area contributed by atoms with Crippen LogP contribution in [-0.2, 0) is 16.2 Å².